The number of nitrogens with two attached hydrogens (primary N) is 1. The fourth-order valence-electron chi connectivity index (χ4n) is 3.51. The van der Waals surface area contributed by atoms with Gasteiger partial charge in [0.2, 0.25) is 0 Å². The summed E-state index contributed by atoms with van der Waals surface area (Å²) in [5, 5.41) is 0. The first-order valence-corrected chi connectivity index (χ1v) is 7.81. The summed E-state index contributed by atoms with van der Waals surface area (Å²) in [5.74, 6) is 0. The van der Waals surface area contributed by atoms with E-state index in [-0.39, 0.29) is 5.54 Å². The number of hydrogen-bond donors (Lipinski definition) is 1. The van der Waals surface area contributed by atoms with Gasteiger partial charge in [-0.2, -0.15) is 0 Å². The Bertz CT molecular complexity index is 466. The lowest BCUT2D eigenvalue weighted by atomic mass is 9.68. The lowest BCUT2D eigenvalue weighted by Crippen LogP contribution is -2.55. The van der Waals surface area contributed by atoms with Gasteiger partial charge in [-0.25, -0.2) is 0 Å². The highest BCUT2D eigenvalue weighted by Gasteiger charge is 2.40. The Morgan fingerprint density at radius 3 is 2.20 bits per heavy atom. The number of likely N-dealkylation sites (N-methyl/N-ethyl adjacent to an activating group) is 1. The quantitative estimate of drug-likeness (QED) is 0.901. The highest BCUT2D eigenvalue weighted by molar-refractivity contribution is 5.56. The van der Waals surface area contributed by atoms with Gasteiger partial charge in [-0.15, -0.1) is 0 Å². The summed E-state index contributed by atoms with van der Waals surface area (Å²) >= 11 is 0. The van der Waals surface area contributed by atoms with E-state index in [4.69, 9.17) is 5.73 Å². The molecule has 0 aliphatic heterocycles. The van der Waals surface area contributed by atoms with Crippen LogP contribution in [0.2, 0.25) is 0 Å². The van der Waals surface area contributed by atoms with Crippen molar-refractivity contribution in [3.63, 3.8) is 0 Å². The third-order valence-corrected chi connectivity index (χ3v) is 5.34. The van der Waals surface area contributed by atoms with Gasteiger partial charge in [-0.3, -0.25) is 0 Å². The summed E-state index contributed by atoms with van der Waals surface area (Å²) < 4.78 is 0. The van der Waals surface area contributed by atoms with Gasteiger partial charge in [0.25, 0.3) is 0 Å². The maximum absolute atomic E-state index is 6.20. The van der Waals surface area contributed by atoms with Crippen molar-refractivity contribution in [3.05, 3.63) is 29.3 Å². The normalized spacial score (nSPS) is 20.7. The molecule has 0 heterocycles. The van der Waals surface area contributed by atoms with Gasteiger partial charge in [0.05, 0.1) is 5.54 Å². The smallest absolute Gasteiger partial charge is 0.0521 e. The molecule has 0 atom stereocenters. The Balaban J connectivity index is 2.27. The second kappa shape index (κ2) is 5.40. The van der Waals surface area contributed by atoms with Crippen molar-refractivity contribution in [1.29, 1.82) is 0 Å². The fourth-order valence-corrected chi connectivity index (χ4v) is 3.51. The van der Waals surface area contributed by atoms with Crippen molar-refractivity contribution in [1.82, 2.24) is 0 Å². The molecule has 1 aromatic carbocycles. The average molecular weight is 274 g/mol. The van der Waals surface area contributed by atoms with E-state index in [1.165, 1.54) is 42.5 Å². The SMILES string of the molecule is Cc1ccc(N(C)C2(CN)CCC(C)(C)CC2)c(C)c1. The zero-order chi connectivity index (χ0) is 15.0. The molecule has 1 saturated carbocycles. The molecule has 1 fully saturated rings. The molecule has 0 bridgehead atoms. The van der Waals surface area contributed by atoms with Gasteiger partial charge in [0.1, 0.15) is 0 Å². The van der Waals surface area contributed by atoms with Crippen molar-refractivity contribution in [2.75, 3.05) is 18.5 Å². The van der Waals surface area contributed by atoms with Gasteiger partial charge >= 0.3 is 0 Å². The number of benzene rings is 1. The molecule has 0 aromatic heterocycles. The van der Waals surface area contributed by atoms with E-state index in [0.29, 0.717) is 5.41 Å². The summed E-state index contributed by atoms with van der Waals surface area (Å²) in [5.41, 5.74) is 10.8. The second-order valence-electron chi connectivity index (χ2n) is 7.44. The molecule has 0 spiro atoms. The van der Waals surface area contributed by atoms with Crippen LogP contribution in [0.5, 0.6) is 0 Å². The second-order valence-corrected chi connectivity index (χ2v) is 7.44. The third-order valence-electron chi connectivity index (χ3n) is 5.34. The molecule has 2 nitrogen and oxygen atoms in total. The van der Waals surface area contributed by atoms with Gasteiger partial charge in [0, 0.05) is 19.3 Å². The maximum Gasteiger partial charge on any atom is 0.0521 e. The molecule has 112 valence electrons. The summed E-state index contributed by atoms with van der Waals surface area (Å²) in [6, 6.07) is 6.72. The monoisotopic (exact) mass is 274 g/mol. The zero-order valence-electron chi connectivity index (χ0n) is 13.8. The number of rotatable bonds is 3. The molecule has 1 aromatic rings. The molecule has 0 saturated heterocycles. The van der Waals surface area contributed by atoms with Gasteiger partial charge < -0.3 is 10.6 Å². The van der Waals surface area contributed by atoms with E-state index in [1.807, 2.05) is 0 Å². The Labute approximate surface area is 124 Å². The van der Waals surface area contributed by atoms with E-state index in [2.05, 4.69) is 57.8 Å². The van der Waals surface area contributed by atoms with Crippen molar-refractivity contribution in [3.8, 4) is 0 Å². The molecule has 2 N–H and O–H groups in total. The van der Waals surface area contributed by atoms with Crippen LogP contribution in [0.4, 0.5) is 5.69 Å². The topological polar surface area (TPSA) is 29.3 Å². The van der Waals surface area contributed by atoms with Crippen LogP contribution in [-0.4, -0.2) is 19.1 Å². The van der Waals surface area contributed by atoms with Crippen molar-refractivity contribution >= 4 is 5.69 Å². The number of nitrogens with zero attached hydrogens (tertiary/aromatic N) is 1. The minimum atomic E-state index is 0.134. The van der Waals surface area contributed by atoms with Crippen LogP contribution >= 0.6 is 0 Å². The first kappa shape index (κ1) is 15.4. The van der Waals surface area contributed by atoms with E-state index >= 15 is 0 Å². The molecule has 1 aliphatic rings. The van der Waals surface area contributed by atoms with Crippen LogP contribution < -0.4 is 10.6 Å². The predicted octanol–water partition coefficient (Wildman–Crippen LogP) is 4.04. The minimum Gasteiger partial charge on any atom is -0.367 e. The molecule has 20 heavy (non-hydrogen) atoms. The van der Waals surface area contributed by atoms with E-state index < -0.39 is 0 Å². The molecular weight excluding hydrogens is 244 g/mol. The summed E-state index contributed by atoms with van der Waals surface area (Å²) in [7, 11) is 2.23. The number of aryl methyl sites for hydroxylation is 2. The van der Waals surface area contributed by atoms with Gasteiger partial charge in [-0.05, 0) is 56.6 Å². The summed E-state index contributed by atoms with van der Waals surface area (Å²) in [6.45, 7) is 9.86. The molecular formula is C18H30N2. The van der Waals surface area contributed by atoms with Crippen LogP contribution in [-0.2, 0) is 0 Å². The molecule has 0 unspecified atom stereocenters. The van der Waals surface area contributed by atoms with Crippen LogP contribution in [0.15, 0.2) is 18.2 Å². The van der Waals surface area contributed by atoms with Crippen LogP contribution in [0.1, 0.15) is 50.7 Å². The Morgan fingerprint density at radius 1 is 1.10 bits per heavy atom. The molecule has 2 heteroatoms. The maximum atomic E-state index is 6.20. The Morgan fingerprint density at radius 2 is 1.70 bits per heavy atom. The highest BCUT2D eigenvalue weighted by atomic mass is 15.2. The van der Waals surface area contributed by atoms with E-state index in [0.717, 1.165) is 6.54 Å². The lowest BCUT2D eigenvalue weighted by molar-refractivity contribution is 0.165. The van der Waals surface area contributed by atoms with Crippen LogP contribution in [0.3, 0.4) is 0 Å². The van der Waals surface area contributed by atoms with E-state index in [1.54, 1.807) is 0 Å². The number of hydrogen-bond acceptors (Lipinski definition) is 2. The van der Waals surface area contributed by atoms with Gasteiger partial charge in [0.15, 0.2) is 0 Å². The molecule has 1 aliphatic carbocycles. The van der Waals surface area contributed by atoms with Crippen molar-refractivity contribution in [2.45, 2.75) is 58.9 Å². The standard InChI is InChI=1S/C18H30N2/c1-14-6-7-16(15(2)12-14)20(5)18(13-19)10-8-17(3,4)9-11-18/h6-7,12H,8-11,13,19H2,1-5H3. The van der Waals surface area contributed by atoms with Gasteiger partial charge in [-0.1, -0.05) is 31.5 Å². The molecule has 0 amide bonds. The summed E-state index contributed by atoms with van der Waals surface area (Å²) in [4.78, 5) is 2.46. The average Bonchev–Trinajstić information content (AvgIpc) is 2.39. The van der Waals surface area contributed by atoms with Crippen LogP contribution in [0.25, 0.3) is 0 Å². The fraction of sp³-hybridized carbons (Fsp3) is 0.667. The van der Waals surface area contributed by atoms with Crippen molar-refractivity contribution in [2.24, 2.45) is 11.1 Å². The third kappa shape index (κ3) is 2.85. The zero-order valence-corrected chi connectivity index (χ0v) is 13.8. The van der Waals surface area contributed by atoms with Crippen LogP contribution in [0, 0.1) is 19.3 Å². The van der Waals surface area contributed by atoms with E-state index in [9.17, 15) is 0 Å². The lowest BCUT2D eigenvalue weighted by Gasteiger charge is -2.49. The molecule has 2 rings (SSSR count). The van der Waals surface area contributed by atoms with Crippen molar-refractivity contribution < 1.29 is 0 Å². The highest BCUT2D eigenvalue weighted by Crippen LogP contribution is 2.43. The Hall–Kier alpha value is -1.02. The first-order chi connectivity index (χ1) is 9.30. The number of anilines is 1. The first-order valence-electron chi connectivity index (χ1n) is 7.81. The predicted molar refractivity (Wildman–Crippen MR) is 88.4 cm³/mol. The minimum absolute atomic E-state index is 0.134. The largest absolute Gasteiger partial charge is 0.367 e. The Kier molecular flexibility index (Phi) is 4.15. The molecule has 0 radical (unpaired) electrons. The summed E-state index contributed by atoms with van der Waals surface area (Å²) in [6.07, 6.45) is 4.92.